The highest BCUT2D eigenvalue weighted by atomic mass is 16.6. The lowest BCUT2D eigenvalue weighted by Crippen LogP contribution is -2.52. The Bertz CT molecular complexity index is 874. The summed E-state index contributed by atoms with van der Waals surface area (Å²) in [6, 6.07) is 2.67. The van der Waals surface area contributed by atoms with E-state index in [1.165, 1.54) is 4.90 Å². The van der Waals surface area contributed by atoms with Crippen LogP contribution in [0.25, 0.3) is 0 Å². The maximum Gasteiger partial charge on any atom is 0.344 e. The molecule has 0 radical (unpaired) electrons. The first-order valence-electron chi connectivity index (χ1n) is 9.43. The molecule has 1 unspecified atom stereocenters. The van der Waals surface area contributed by atoms with Crippen LogP contribution >= 0.6 is 0 Å². The van der Waals surface area contributed by atoms with Gasteiger partial charge in [-0.1, -0.05) is 0 Å². The third kappa shape index (κ3) is 4.49. The van der Waals surface area contributed by atoms with Crippen molar-refractivity contribution in [2.24, 2.45) is 0 Å². The highest BCUT2D eigenvalue weighted by molar-refractivity contribution is 6.06. The van der Waals surface area contributed by atoms with Crippen molar-refractivity contribution in [1.82, 2.24) is 10.2 Å². The van der Waals surface area contributed by atoms with E-state index in [0.717, 1.165) is 0 Å². The molecule has 9 heteroatoms. The van der Waals surface area contributed by atoms with Crippen molar-refractivity contribution < 1.29 is 28.7 Å². The highest BCUT2D eigenvalue weighted by Crippen LogP contribution is 2.36. The third-order valence-electron chi connectivity index (χ3n) is 4.67. The number of imide groups is 1. The van der Waals surface area contributed by atoms with Crippen molar-refractivity contribution in [2.75, 3.05) is 19.0 Å². The summed E-state index contributed by atoms with van der Waals surface area (Å²) in [4.78, 5) is 50.0. The van der Waals surface area contributed by atoms with Crippen LogP contribution in [0.1, 0.15) is 49.5 Å². The summed E-state index contributed by atoms with van der Waals surface area (Å²) in [7, 11) is 1.71. The fourth-order valence-electron chi connectivity index (χ4n) is 3.41. The van der Waals surface area contributed by atoms with Gasteiger partial charge in [-0.2, -0.15) is 0 Å². The number of amides is 3. The highest BCUT2D eigenvalue weighted by Gasteiger charge is 2.40. The summed E-state index contributed by atoms with van der Waals surface area (Å²) in [5.74, 6) is -1.27. The SMILES string of the molecule is CNc1cc(OCC(=O)OC(C)(C)C)c2c(c1)C(=O)N(C1CCC(=O)NC1=O)C2. The second-order valence-electron chi connectivity index (χ2n) is 8.03. The second kappa shape index (κ2) is 7.73. The van der Waals surface area contributed by atoms with Gasteiger partial charge in [0.2, 0.25) is 11.8 Å². The van der Waals surface area contributed by atoms with Crippen LogP contribution in [-0.4, -0.2) is 53.9 Å². The van der Waals surface area contributed by atoms with Crippen molar-refractivity contribution >= 4 is 29.4 Å². The molecule has 0 saturated carbocycles. The minimum atomic E-state index is -0.718. The average molecular weight is 403 g/mol. The summed E-state index contributed by atoms with van der Waals surface area (Å²) >= 11 is 0. The van der Waals surface area contributed by atoms with Gasteiger partial charge < -0.3 is 19.7 Å². The minimum Gasteiger partial charge on any atom is -0.481 e. The summed E-state index contributed by atoms with van der Waals surface area (Å²) in [5, 5.41) is 5.24. The van der Waals surface area contributed by atoms with Gasteiger partial charge in [-0.15, -0.1) is 0 Å². The molecule has 2 aliphatic heterocycles. The first kappa shape index (κ1) is 20.6. The Morgan fingerprint density at radius 3 is 2.62 bits per heavy atom. The first-order valence-corrected chi connectivity index (χ1v) is 9.43. The van der Waals surface area contributed by atoms with Crippen LogP contribution in [0.4, 0.5) is 5.69 Å². The van der Waals surface area contributed by atoms with Gasteiger partial charge in [0.1, 0.15) is 17.4 Å². The van der Waals surface area contributed by atoms with E-state index in [2.05, 4.69) is 10.6 Å². The first-order chi connectivity index (χ1) is 13.6. The average Bonchev–Trinajstić information content (AvgIpc) is 2.95. The zero-order valence-electron chi connectivity index (χ0n) is 17.0. The zero-order chi connectivity index (χ0) is 21.3. The maximum atomic E-state index is 13.0. The molecular weight excluding hydrogens is 378 g/mol. The van der Waals surface area contributed by atoms with E-state index in [1.54, 1.807) is 40.0 Å². The number of hydrogen-bond donors (Lipinski definition) is 2. The molecule has 29 heavy (non-hydrogen) atoms. The summed E-state index contributed by atoms with van der Waals surface area (Å²) in [5.41, 5.74) is 1.01. The summed E-state index contributed by atoms with van der Waals surface area (Å²) < 4.78 is 10.9. The molecule has 156 valence electrons. The Morgan fingerprint density at radius 1 is 1.28 bits per heavy atom. The molecular formula is C20H25N3O6. The number of nitrogens with one attached hydrogen (secondary N) is 2. The van der Waals surface area contributed by atoms with E-state index in [9.17, 15) is 19.2 Å². The number of carbonyl (C=O) groups excluding carboxylic acids is 4. The Labute approximate surface area is 168 Å². The van der Waals surface area contributed by atoms with Gasteiger partial charge in [0.05, 0.1) is 12.1 Å². The van der Waals surface area contributed by atoms with E-state index in [-0.39, 0.29) is 37.8 Å². The van der Waals surface area contributed by atoms with Crippen LogP contribution < -0.4 is 15.4 Å². The Morgan fingerprint density at radius 2 is 2.00 bits per heavy atom. The molecule has 1 saturated heterocycles. The molecule has 3 amide bonds. The van der Waals surface area contributed by atoms with Crippen molar-refractivity contribution in [1.29, 1.82) is 0 Å². The predicted molar refractivity (Wildman–Crippen MR) is 103 cm³/mol. The molecule has 0 aliphatic carbocycles. The smallest absolute Gasteiger partial charge is 0.344 e. The van der Waals surface area contributed by atoms with Crippen LogP contribution in [0.3, 0.4) is 0 Å². The molecule has 1 aromatic rings. The van der Waals surface area contributed by atoms with Crippen LogP contribution in [0.15, 0.2) is 12.1 Å². The van der Waals surface area contributed by atoms with E-state index in [4.69, 9.17) is 9.47 Å². The number of fused-ring (bicyclic) bond motifs is 1. The van der Waals surface area contributed by atoms with Gasteiger partial charge in [-0.05, 0) is 33.3 Å². The number of nitrogens with zero attached hydrogens (tertiary/aromatic N) is 1. The molecule has 1 fully saturated rings. The lowest BCUT2D eigenvalue weighted by molar-refractivity contribution is -0.157. The van der Waals surface area contributed by atoms with Gasteiger partial charge in [0.15, 0.2) is 6.61 Å². The number of esters is 1. The molecule has 0 aromatic heterocycles. The summed E-state index contributed by atoms with van der Waals surface area (Å²) in [6.07, 6.45) is 0.456. The van der Waals surface area contributed by atoms with Crippen molar-refractivity contribution in [2.45, 2.75) is 51.8 Å². The number of ether oxygens (including phenoxy) is 2. The standard InChI is InChI=1S/C20H25N3O6/c1-20(2,3)29-17(25)10-28-15-8-11(21-4)7-12-13(15)9-23(19(12)27)14-5-6-16(24)22-18(14)26/h7-8,14,21H,5-6,9-10H2,1-4H3,(H,22,24,26). The molecule has 0 spiro atoms. The number of benzene rings is 1. The molecule has 9 nitrogen and oxygen atoms in total. The Hall–Kier alpha value is -3.10. The van der Waals surface area contributed by atoms with E-state index in [0.29, 0.717) is 22.6 Å². The molecule has 3 rings (SSSR count). The third-order valence-corrected chi connectivity index (χ3v) is 4.67. The van der Waals surface area contributed by atoms with E-state index < -0.39 is 23.5 Å². The van der Waals surface area contributed by atoms with Crippen molar-refractivity contribution in [3.8, 4) is 5.75 Å². The lowest BCUT2D eigenvalue weighted by atomic mass is 10.0. The quantitative estimate of drug-likeness (QED) is 0.561. The second-order valence-corrected chi connectivity index (χ2v) is 8.03. The van der Waals surface area contributed by atoms with Gasteiger partial charge in [0.25, 0.3) is 5.91 Å². The molecule has 1 atom stereocenters. The predicted octanol–water partition coefficient (Wildman–Crippen LogP) is 1.21. The van der Waals surface area contributed by atoms with Gasteiger partial charge in [0, 0.05) is 30.8 Å². The Kier molecular flexibility index (Phi) is 5.50. The maximum absolute atomic E-state index is 13.0. The molecule has 0 bridgehead atoms. The summed E-state index contributed by atoms with van der Waals surface area (Å²) in [6.45, 7) is 5.15. The van der Waals surface area contributed by atoms with Crippen LogP contribution in [-0.2, 0) is 25.7 Å². The number of piperidine rings is 1. The number of hydrogen-bond acceptors (Lipinski definition) is 7. The molecule has 2 N–H and O–H groups in total. The van der Waals surface area contributed by atoms with Crippen LogP contribution in [0, 0.1) is 0 Å². The molecule has 2 heterocycles. The van der Waals surface area contributed by atoms with Crippen molar-refractivity contribution in [3.63, 3.8) is 0 Å². The lowest BCUT2D eigenvalue weighted by Gasteiger charge is -2.29. The normalized spacial score (nSPS) is 19.0. The number of rotatable bonds is 5. The minimum absolute atomic E-state index is 0.161. The molecule has 1 aromatic carbocycles. The largest absolute Gasteiger partial charge is 0.481 e. The fourth-order valence-corrected chi connectivity index (χ4v) is 3.41. The zero-order valence-corrected chi connectivity index (χ0v) is 17.0. The van der Waals surface area contributed by atoms with E-state index >= 15 is 0 Å². The van der Waals surface area contributed by atoms with Gasteiger partial charge in [-0.3, -0.25) is 19.7 Å². The van der Waals surface area contributed by atoms with Crippen LogP contribution in [0.5, 0.6) is 5.75 Å². The number of anilines is 1. The monoisotopic (exact) mass is 403 g/mol. The fraction of sp³-hybridized carbons (Fsp3) is 0.500. The molecule has 2 aliphatic rings. The Balaban J connectivity index is 1.82. The van der Waals surface area contributed by atoms with Gasteiger partial charge in [-0.25, -0.2) is 4.79 Å². The number of carbonyl (C=O) groups is 4. The van der Waals surface area contributed by atoms with Crippen molar-refractivity contribution in [3.05, 3.63) is 23.3 Å². The topological polar surface area (TPSA) is 114 Å². The van der Waals surface area contributed by atoms with Gasteiger partial charge >= 0.3 is 5.97 Å². The van der Waals surface area contributed by atoms with E-state index in [1.807, 2.05) is 0 Å². The van der Waals surface area contributed by atoms with Crippen LogP contribution in [0.2, 0.25) is 0 Å².